The molecule has 0 spiro atoms. The van der Waals surface area contributed by atoms with Crippen molar-refractivity contribution in [3.05, 3.63) is 60.5 Å². The summed E-state index contributed by atoms with van der Waals surface area (Å²) >= 11 is 28.0. The van der Waals surface area contributed by atoms with Crippen molar-refractivity contribution < 1.29 is 19.8 Å². The summed E-state index contributed by atoms with van der Waals surface area (Å²) in [6.07, 6.45) is 0. The molecule has 0 aliphatic carbocycles. The summed E-state index contributed by atoms with van der Waals surface area (Å²) in [5.74, 6) is -2.25. The third-order valence-corrected chi connectivity index (χ3v) is 4.74. The fourth-order valence-electron chi connectivity index (χ4n) is 1.44. The SMILES string of the molecule is Nc1c(C(=O)O)ccc(Cl)c1Cl.O=C(O)c1ccc(Cl)c(Cl)c1Cl. The van der Waals surface area contributed by atoms with Crippen LogP contribution in [-0.2, 0) is 0 Å². The van der Waals surface area contributed by atoms with Crippen LogP contribution in [0.15, 0.2) is 24.3 Å². The second-order valence-corrected chi connectivity index (χ2v) is 6.10. The molecule has 2 aromatic rings. The average molecular weight is 431 g/mol. The van der Waals surface area contributed by atoms with E-state index in [0.29, 0.717) is 0 Å². The first-order valence-electron chi connectivity index (χ1n) is 5.91. The van der Waals surface area contributed by atoms with Crippen LogP contribution in [0.2, 0.25) is 25.1 Å². The van der Waals surface area contributed by atoms with Crippen molar-refractivity contribution in [2.45, 2.75) is 0 Å². The van der Waals surface area contributed by atoms with Crippen LogP contribution in [0.5, 0.6) is 0 Å². The lowest BCUT2D eigenvalue weighted by Crippen LogP contribution is -2.02. The van der Waals surface area contributed by atoms with Crippen LogP contribution in [-0.4, -0.2) is 22.2 Å². The summed E-state index contributed by atoms with van der Waals surface area (Å²) in [6, 6.07) is 5.40. The smallest absolute Gasteiger partial charge is 0.337 e. The van der Waals surface area contributed by atoms with Crippen LogP contribution >= 0.6 is 58.0 Å². The number of benzene rings is 2. The maximum Gasteiger partial charge on any atom is 0.337 e. The highest BCUT2D eigenvalue weighted by molar-refractivity contribution is 6.49. The van der Waals surface area contributed by atoms with Crippen molar-refractivity contribution in [1.82, 2.24) is 0 Å². The van der Waals surface area contributed by atoms with Crippen LogP contribution in [0, 0.1) is 0 Å². The molecule has 4 N–H and O–H groups in total. The molecule has 5 nitrogen and oxygen atoms in total. The first-order valence-corrected chi connectivity index (χ1v) is 7.80. The zero-order valence-corrected chi connectivity index (χ0v) is 15.3. The molecular weight excluding hydrogens is 423 g/mol. The summed E-state index contributed by atoms with van der Waals surface area (Å²) < 4.78 is 0. The number of nitrogens with two attached hydrogens (primary N) is 1. The predicted octanol–water partition coefficient (Wildman–Crippen LogP) is 5.62. The van der Waals surface area contributed by atoms with Gasteiger partial charge in [-0.05, 0) is 24.3 Å². The Hall–Kier alpha value is -1.37. The van der Waals surface area contributed by atoms with Crippen LogP contribution in [0.4, 0.5) is 5.69 Å². The Labute approximate surface area is 161 Å². The van der Waals surface area contributed by atoms with Gasteiger partial charge in [-0.25, -0.2) is 9.59 Å². The first kappa shape index (κ1) is 20.7. The largest absolute Gasteiger partial charge is 0.478 e. The van der Waals surface area contributed by atoms with Crippen molar-refractivity contribution in [1.29, 1.82) is 0 Å². The van der Waals surface area contributed by atoms with Crippen molar-refractivity contribution in [2.75, 3.05) is 5.73 Å². The highest BCUT2D eigenvalue weighted by Crippen LogP contribution is 2.32. The van der Waals surface area contributed by atoms with Crippen LogP contribution in [0.1, 0.15) is 20.7 Å². The number of rotatable bonds is 2. The van der Waals surface area contributed by atoms with E-state index >= 15 is 0 Å². The summed E-state index contributed by atoms with van der Waals surface area (Å²) in [5.41, 5.74) is 5.30. The number of hydrogen-bond donors (Lipinski definition) is 3. The molecule has 0 amide bonds. The maximum atomic E-state index is 10.5. The number of anilines is 1. The van der Waals surface area contributed by atoms with E-state index < -0.39 is 11.9 Å². The van der Waals surface area contributed by atoms with Crippen LogP contribution in [0.25, 0.3) is 0 Å². The summed E-state index contributed by atoms with van der Waals surface area (Å²) in [4.78, 5) is 21.0. The lowest BCUT2D eigenvalue weighted by molar-refractivity contribution is 0.0686. The van der Waals surface area contributed by atoms with Crippen molar-refractivity contribution in [2.24, 2.45) is 0 Å². The van der Waals surface area contributed by atoms with Gasteiger partial charge in [0.25, 0.3) is 0 Å². The third-order valence-electron chi connectivity index (χ3n) is 2.63. The number of nitrogen functional groups attached to an aromatic ring is 1. The molecule has 10 heteroatoms. The Morgan fingerprint density at radius 3 is 1.58 bits per heavy atom. The molecule has 0 atom stereocenters. The molecule has 0 heterocycles. The maximum absolute atomic E-state index is 10.5. The van der Waals surface area contributed by atoms with Crippen molar-refractivity contribution in [3.8, 4) is 0 Å². The number of carboxylic acids is 2. The Kier molecular flexibility index (Phi) is 7.45. The standard InChI is InChI=1S/C7H3Cl3O2.C7H5Cl2NO2/c8-4-2-1-3(7(11)12)5(9)6(4)10;8-4-2-1-3(7(11)12)6(10)5(4)9/h1-2H,(H,11,12);1-2H,10H2,(H,11,12). The summed E-state index contributed by atoms with van der Waals surface area (Å²) in [7, 11) is 0. The van der Waals surface area contributed by atoms with E-state index in [4.69, 9.17) is 74.0 Å². The minimum Gasteiger partial charge on any atom is -0.478 e. The molecule has 0 aliphatic heterocycles. The molecule has 0 saturated carbocycles. The third kappa shape index (κ3) is 4.82. The van der Waals surface area contributed by atoms with Crippen molar-refractivity contribution in [3.63, 3.8) is 0 Å². The topological polar surface area (TPSA) is 101 Å². The van der Waals surface area contributed by atoms with Gasteiger partial charge in [0, 0.05) is 0 Å². The van der Waals surface area contributed by atoms with E-state index in [1.54, 1.807) is 0 Å². The van der Waals surface area contributed by atoms with Gasteiger partial charge in [-0.1, -0.05) is 58.0 Å². The number of aromatic carboxylic acids is 2. The average Bonchev–Trinajstić information content (AvgIpc) is 2.50. The minimum atomic E-state index is -1.13. The number of hydrogen-bond acceptors (Lipinski definition) is 3. The van der Waals surface area contributed by atoms with Gasteiger partial charge in [-0.3, -0.25) is 0 Å². The van der Waals surface area contributed by atoms with Crippen molar-refractivity contribution >= 4 is 75.6 Å². The number of carbonyl (C=O) groups is 2. The highest BCUT2D eigenvalue weighted by Gasteiger charge is 2.13. The molecular formula is C14H8Cl5NO4. The minimum absolute atomic E-state index is 0.00309. The van der Waals surface area contributed by atoms with E-state index in [2.05, 4.69) is 0 Å². The zero-order valence-electron chi connectivity index (χ0n) is 11.5. The Morgan fingerprint density at radius 2 is 1.12 bits per heavy atom. The quantitative estimate of drug-likeness (QED) is 0.423. The first-order chi connectivity index (χ1) is 11.1. The predicted molar refractivity (Wildman–Crippen MR) is 96.3 cm³/mol. The lowest BCUT2D eigenvalue weighted by Gasteiger charge is -2.03. The molecule has 128 valence electrons. The van der Waals surface area contributed by atoms with Gasteiger partial charge >= 0.3 is 11.9 Å². The molecule has 0 saturated heterocycles. The molecule has 0 radical (unpaired) electrons. The molecule has 2 rings (SSSR count). The molecule has 0 unspecified atom stereocenters. The van der Waals surface area contributed by atoms with E-state index in [9.17, 15) is 9.59 Å². The van der Waals surface area contributed by atoms with Gasteiger partial charge in [0.15, 0.2) is 0 Å². The molecule has 0 bridgehead atoms. The number of carboxylic acid groups (broad SMARTS) is 2. The summed E-state index contributed by atoms with van der Waals surface area (Å²) in [6.45, 7) is 0. The van der Waals surface area contributed by atoms with Gasteiger partial charge in [0.1, 0.15) is 0 Å². The second kappa shape index (κ2) is 8.65. The van der Waals surface area contributed by atoms with Gasteiger partial charge < -0.3 is 15.9 Å². The monoisotopic (exact) mass is 429 g/mol. The fourth-order valence-corrected chi connectivity index (χ4v) is 2.39. The van der Waals surface area contributed by atoms with Gasteiger partial charge in [-0.2, -0.15) is 0 Å². The van der Waals surface area contributed by atoms with Crippen LogP contribution < -0.4 is 5.73 Å². The van der Waals surface area contributed by atoms with E-state index in [0.717, 1.165) is 0 Å². The Morgan fingerprint density at radius 1 is 0.708 bits per heavy atom. The highest BCUT2D eigenvalue weighted by atomic mass is 35.5. The normalized spacial score (nSPS) is 9.88. The van der Waals surface area contributed by atoms with E-state index in [-0.39, 0.29) is 41.9 Å². The van der Waals surface area contributed by atoms with Gasteiger partial charge in [-0.15, -0.1) is 0 Å². The zero-order chi connectivity index (χ0) is 18.6. The lowest BCUT2D eigenvalue weighted by atomic mass is 10.2. The molecule has 2 aromatic carbocycles. The van der Waals surface area contributed by atoms with Crippen LogP contribution in [0.3, 0.4) is 0 Å². The second-order valence-electron chi connectivity index (χ2n) is 4.16. The fraction of sp³-hybridized carbons (Fsp3) is 0. The molecule has 0 fully saturated rings. The molecule has 0 aliphatic rings. The van der Waals surface area contributed by atoms with E-state index in [1.165, 1.54) is 24.3 Å². The number of halogens is 5. The Bertz CT molecular complexity index is 743. The molecule has 0 aromatic heterocycles. The Balaban J connectivity index is 0.000000240. The summed E-state index contributed by atoms with van der Waals surface area (Å²) in [5, 5.41) is 17.8. The molecule has 24 heavy (non-hydrogen) atoms. The van der Waals surface area contributed by atoms with Gasteiger partial charge in [0.05, 0.1) is 41.9 Å². The van der Waals surface area contributed by atoms with Gasteiger partial charge in [0.2, 0.25) is 0 Å². The van der Waals surface area contributed by atoms with E-state index in [1.807, 2.05) is 0 Å².